The number of aliphatic hydroxyl groups excluding tert-OH is 1. The van der Waals surface area contributed by atoms with Crippen molar-refractivity contribution in [2.24, 2.45) is 0 Å². The molecule has 1 fully saturated rings. The van der Waals surface area contributed by atoms with Crippen LogP contribution in [0.25, 0.3) is 0 Å². The van der Waals surface area contributed by atoms with Gasteiger partial charge in [0.05, 0.1) is 8.45 Å². The minimum Gasteiger partial charge on any atom is -0.396 e. The van der Waals surface area contributed by atoms with Crippen LogP contribution in [-0.4, -0.2) is 35.1 Å². The van der Waals surface area contributed by atoms with Crippen molar-refractivity contribution in [3.8, 4) is 0 Å². The van der Waals surface area contributed by atoms with Gasteiger partial charge in [0.15, 0.2) is 0 Å². The predicted molar refractivity (Wildman–Crippen MR) is 77.4 cm³/mol. The third kappa shape index (κ3) is 3.20. The van der Waals surface area contributed by atoms with Gasteiger partial charge in [0.2, 0.25) is 0 Å². The third-order valence-corrected chi connectivity index (χ3v) is 4.94. The van der Waals surface area contributed by atoms with Gasteiger partial charge in [-0.2, -0.15) is 0 Å². The standard InChI is InChI=1S/C12H16INO2S/c13-11-7-9(8-17-11)12(16)14(5-2-6-15)10-3-1-4-10/h7-8,10,15H,1-6H2. The van der Waals surface area contributed by atoms with E-state index >= 15 is 0 Å². The maximum atomic E-state index is 12.3. The zero-order valence-electron chi connectivity index (χ0n) is 9.56. The average Bonchev–Trinajstić information content (AvgIpc) is 2.67. The molecule has 0 unspecified atom stereocenters. The third-order valence-electron chi connectivity index (χ3n) is 3.15. The number of aliphatic hydroxyl groups is 1. The van der Waals surface area contributed by atoms with Crippen LogP contribution in [-0.2, 0) is 0 Å². The van der Waals surface area contributed by atoms with Gasteiger partial charge in [-0.25, -0.2) is 0 Å². The summed E-state index contributed by atoms with van der Waals surface area (Å²) in [6.07, 6.45) is 4.11. The first kappa shape index (κ1) is 13.3. The smallest absolute Gasteiger partial charge is 0.254 e. The molecule has 0 aromatic carbocycles. The SMILES string of the molecule is O=C(c1csc(I)c1)N(CCCO)C1CCC1. The van der Waals surface area contributed by atoms with Gasteiger partial charge in [0, 0.05) is 24.6 Å². The molecule has 1 aliphatic rings. The minimum atomic E-state index is 0.127. The second-order valence-electron chi connectivity index (χ2n) is 4.30. The van der Waals surface area contributed by atoms with E-state index in [2.05, 4.69) is 22.6 Å². The molecule has 0 saturated heterocycles. The van der Waals surface area contributed by atoms with Crippen molar-refractivity contribution < 1.29 is 9.90 Å². The molecule has 0 radical (unpaired) electrons. The van der Waals surface area contributed by atoms with Crippen LogP contribution >= 0.6 is 33.9 Å². The second-order valence-corrected chi connectivity index (χ2v) is 7.11. The fourth-order valence-electron chi connectivity index (χ4n) is 1.98. The van der Waals surface area contributed by atoms with Crippen molar-refractivity contribution in [1.29, 1.82) is 0 Å². The summed E-state index contributed by atoms with van der Waals surface area (Å²) in [5, 5.41) is 10.8. The summed E-state index contributed by atoms with van der Waals surface area (Å²) in [7, 11) is 0. The summed E-state index contributed by atoms with van der Waals surface area (Å²) in [6, 6.07) is 2.34. The molecule has 0 bridgehead atoms. The maximum absolute atomic E-state index is 12.3. The number of halogens is 1. The monoisotopic (exact) mass is 365 g/mol. The molecule has 1 aromatic heterocycles. The molecule has 1 aliphatic carbocycles. The quantitative estimate of drug-likeness (QED) is 0.816. The van der Waals surface area contributed by atoms with Crippen LogP contribution in [0.3, 0.4) is 0 Å². The molecule has 94 valence electrons. The van der Waals surface area contributed by atoms with Gasteiger partial charge < -0.3 is 10.0 Å². The lowest BCUT2D eigenvalue weighted by atomic mass is 9.91. The number of thiophene rings is 1. The Balaban J connectivity index is 2.06. The van der Waals surface area contributed by atoms with Gasteiger partial charge in [-0.05, 0) is 54.3 Å². The summed E-state index contributed by atoms with van der Waals surface area (Å²) >= 11 is 3.84. The molecule has 1 amide bonds. The van der Waals surface area contributed by atoms with Gasteiger partial charge in [-0.1, -0.05) is 0 Å². The first-order chi connectivity index (χ1) is 8.22. The Morgan fingerprint density at radius 3 is 2.82 bits per heavy atom. The number of rotatable bonds is 5. The molecule has 1 aromatic rings. The van der Waals surface area contributed by atoms with Crippen molar-refractivity contribution >= 4 is 39.8 Å². The number of carbonyl (C=O) groups excluding carboxylic acids is 1. The van der Waals surface area contributed by atoms with E-state index in [-0.39, 0.29) is 12.5 Å². The van der Waals surface area contributed by atoms with Crippen LogP contribution < -0.4 is 0 Å². The summed E-state index contributed by atoms with van der Waals surface area (Å²) in [4.78, 5) is 14.3. The van der Waals surface area contributed by atoms with Gasteiger partial charge in [-0.3, -0.25) is 4.79 Å². The molecule has 3 nitrogen and oxygen atoms in total. The van der Waals surface area contributed by atoms with Crippen molar-refractivity contribution in [3.63, 3.8) is 0 Å². The maximum Gasteiger partial charge on any atom is 0.254 e. The van der Waals surface area contributed by atoms with Crippen LogP contribution in [0.1, 0.15) is 36.0 Å². The zero-order chi connectivity index (χ0) is 12.3. The zero-order valence-corrected chi connectivity index (χ0v) is 12.5. The lowest BCUT2D eigenvalue weighted by molar-refractivity contribution is 0.0563. The Labute approximate surface area is 119 Å². The topological polar surface area (TPSA) is 40.5 Å². The molecular weight excluding hydrogens is 349 g/mol. The first-order valence-corrected chi connectivity index (χ1v) is 7.84. The van der Waals surface area contributed by atoms with Gasteiger partial charge in [0.25, 0.3) is 5.91 Å². The highest BCUT2D eigenvalue weighted by Crippen LogP contribution is 2.27. The van der Waals surface area contributed by atoms with E-state index in [1.807, 2.05) is 16.3 Å². The average molecular weight is 365 g/mol. The van der Waals surface area contributed by atoms with E-state index in [1.165, 1.54) is 6.42 Å². The van der Waals surface area contributed by atoms with Gasteiger partial charge in [-0.15, -0.1) is 11.3 Å². The molecule has 1 N–H and O–H groups in total. The minimum absolute atomic E-state index is 0.127. The lowest BCUT2D eigenvalue weighted by Gasteiger charge is -2.37. The number of nitrogens with zero attached hydrogens (tertiary/aromatic N) is 1. The van der Waals surface area contributed by atoms with E-state index in [1.54, 1.807) is 11.3 Å². The van der Waals surface area contributed by atoms with Crippen LogP contribution in [0.4, 0.5) is 0 Å². The number of amides is 1. The summed E-state index contributed by atoms with van der Waals surface area (Å²) in [5.41, 5.74) is 0.796. The van der Waals surface area contributed by atoms with Crippen molar-refractivity contribution in [2.45, 2.75) is 31.7 Å². The van der Waals surface area contributed by atoms with E-state index in [9.17, 15) is 4.79 Å². The molecule has 2 rings (SSSR count). The highest BCUT2D eigenvalue weighted by molar-refractivity contribution is 14.1. The summed E-state index contributed by atoms with van der Waals surface area (Å²) in [6.45, 7) is 0.824. The molecular formula is C12H16INO2S. The van der Waals surface area contributed by atoms with Crippen LogP contribution in [0.15, 0.2) is 11.4 Å². The Bertz CT molecular complexity index is 390. The van der Waals surface area contributed by atoms with Crippen LogP contribution in [0.2, 0.25) is 0 Å². The highest BCUT2D eigenvalue weighted by Gasteiger charge is 2.29. The van der Waals surface area contributed by atoms with Crippen LogP contribution in [0, 0.1) is 2.88 Å². The fraction of sp³-hybridized carbons (Fsp3) is 0.583. The molecule has 0 atom stereocenters. The Hall–Kier alpha value is -0.140. The number of hydrogen-bond donors (Lipinski definition) is 1. The van der Waals surface area contributed by atoms with Crippen molar-refractivity contribution in [1.82, 2.24) is 4.90 Å². The number of hydrogen-bond acceptors (Lipinski definition) is 3. The molecule has 1 saturated carbocycles. The molecule has 5 heteroatoms. The second kappa shape index (κ2) is 6.15. The highest BCUT2D eigenvalue weighted by atomic mass is 127. The molecule has 0 aliphatic heterocycles. The first-order valence-electron chi connectivity index (χ1n) is 5.88. The van der Waals surface area contributed by atoms with Gasteiger partial charge in [0.1, 0.15) is 0 Å². The van der Waals surface area contributed by atoms with E-state index < -0.39 is 0 Å². The fourth-order valence-corrected chi connectivity index (χ4v) is 3.30. The van der Waals surface area contributed by atoms with Crippen molar-refractivity contribution in [3.05, 3.63) is 19.9 Å². The normalized spacial score (nSPS) is 15.6. The van der Waals surface area contributed by atoms with Crippen LogP contribution in [0.5, 0.6) is 0 Å². The summed E-state index contributed by atoms with van der Waals surface area (Å²) < 4.78 is 1.14. The Morgan fingerprint density at radius 2 is 2.35 bits per heavy atom. The van der Waals surface area contributed by atoms with E-state index in [0.717, 1.165) is 21.3 Å². The summed E-state index contributed by atoms with van der Waals surface area (Å²) in [5.74, 6) is 0.127. The van der Waals surface area contributed by atoms with Gasteiger partial charge >= 0.3 is 0 Å². The Morgan fingerprint density at radius 1 is 1.59 bits per heavy atom. The van der Waals surface area contributed by atoms with Crippen molar-refractivity contribution in [2.75, 3.05) is 13.2 Å². The Kier molecular flexibility index (Phi) is 4.81. The van der Waals surface area contributed by atoms with E-state index in [0.29, 0.717) is 19.0 Å². The van der Waals surface area contributed by atoms with E-state index in [4.69, 9.17) is 5.11 Å². The molecule has 17 heavy (non-hydrogen) atoms. The predicted octanol–water partition coefficient (Wildman–Crippen LogP) is 2.73. The number of carbonyl (C=O) groups is 1. The molecule has 1 heterocycles. The largest absolute Gasteiger partial charge is 0.396 e. The molecule has 0 spiro atoms. The lowest BCUT2D eigenvalue weighted by Crippen LogP contribution is -2.44.